The van der Waals surface area contributed by atoms with Crippen molar-refractivity contribution in [2.45, 2.75) is 39.3 Å². The van der Waals surface area contributed by atoms with E-state index in [4.69, 9.17) is 0 Å². The summed E-state index contributed by atoms with van der Waals surface area (Å²) in [7, 11) is 0. The van der Waals surface area contributed by atoms with Gasteiger partial charge in [0.1, 0.15) is 0 Å². The summed E-state index contributed by atoms with van der Waals surface area (Å²) >= 11 is 0. The number of hydrogen-bond donors (Lipinski definition) is 0. The first-order chi connectivity index (χ1) is 31.3. The largest absolute Gasteiger partial charge is 0.335 e. The molecule has 1 saturated heterocycles. The molecule has 7 rings (SSSR count). The van der Waals surface area contributed by atoms with Crippen molar-refractivity contribution >= 4 is 23.6 Å². The van der Waals surface area contributed by atoms with Crippen LogP contribution in [0, 0.1) is 0 Å². The lowest BCUT2D eigenvalue weighted by Crippen LogP contribution is -2.50. The summed E-state index contributed by atoms with van der Waals surface area (Å²) in [6, 6.07) is 50.4. The van der Waals surface area contributed by atoms with Gasteiger partial charge < -0.3 is 19.6 Å². The first kappa shape index (κ1) is 45.0. The fourth-order valence-electron chi connectivity index (χ4n) is 7.81. The molecule has 0 unspecified atom stereocenters. The Bertz CT molecular complexity index is 2070. The van der Waals surface area contributed by atoms with Gasteiger partial charge in [0.15, 0.2) is 0 Å². The number of carbonyl (C=O) groups is 4. The zero-order valence-corrected chi connectivity index (χ0v) is 36.3. The average molecular weight is 857 g/mol. The van der Waals surface area contributed by atoms with E-state index < -0.39 is 0 Å². The van der Waals surface area contributed by atoms with Crippen molar-refractivity contribution < 1.29 is 19.2 Å². The number of rotatable bonds is 12. The van der Waals surface area contributed by atoms with Crippen molar-refractivity contribution in [3.8, 4) is 0 Å². The van der Waals surface area contributed by atoms with Crippen molar-refractivity contribution in [1.82, 2.24) is 39.4 Å². The van der Waals surface area contributed by atoms with Gasteiger partial charge in [0.25, 0.3) is 0 Å². The molecule has 64 heavy (non-hydrogen) atoms. The van der Waals surface area contributed by atoms with Gasteiger partial charge in [0.2, 0.25) is 23.6 Å². The first-order valence-corrected chi connectivity index (χ1v) is 21.9. The molecule has 328 valence electrons. The fraction of sp³-hybridized carbons (Fsp3) is 0.269. The lowest BCUT2D eigenvalue weighted by Gasteiger charge is -2.34. The van der Waals surface area contributed by atoms with Gasteiger partial charge in [-0.05, 0) is 46.5 Å². The van der Waals surface area contributed by atoms with E-state index in [2.05, 4.69) is 9.97 Å². The molecular formula is C52H56N8O4. The molecule has 0 atom stereocenters. The van der Waals surface area contributed by atoms with Crippen molar-refractivity contribution in [1.29, 1.82) is 0 Å². The van der Waals surface area contributed by atoms with E-state index >= 15 is 0 Å². The second-order valence-electron chi connectivity index (χ2n) is 16.1. The van der Waals surface area contributed by atoms with Crippen LogP contribution in [-0.4, -0.2) is 115 Å². The zero-order chi connectivity index (χ0) is 44.4. The molecule has 1 aliphatic rings. The minimum Gasteiger partial charge on any atom is -0.335 e. The van der Waals surface area contributed by atoms with Crippen LogP contribution in [0.25, 0.3) is 0 Å². The minimum absolute atomic E-state index is 0.0581. The SMILES string of the molecule is O=C1CN(Cc2ccccn2)CC(=O)N(Cc2ccccc2)CCN(Cc2ccccc2)C(=O)CN(Cc2ccccn2)CC(=O)N(Cc2ccccc2)CCN1Cc1ccccc1. The Kier molecular flexibility index (Phi) is 16.5. The highest BCUT2D eigenvalue weighted by molar-refractivity contribution is 5.83. The molecule has 12 heteroatoms. The van der Waals surface area contributed by atoms with Crippen LogP contribution in [0.1, 0.15) is 33.6 Å². The number of hydrogen-bond acceptors (Lipinski definition) is 8. The maximum atomic E-state index is 14.7. The van der Waals surface area contributed by atoms with Crippen LogP contribution in [0.5, 0.6) is 0 Å². The number of carbonyl (C=O) groups excluding carboxylic acids is 4. The van der Waals surface area contributed by atoms with Crippen molar-refractivity contribution in [2.24, 2.45) is 0 Å². The molecule has 1 fully saturated rings. The molecule has 0 saturated carbocycles. The van der Waals surface area contributed by atoms with Gasteiger partial charge in [-0.2, -0.15) is 0 Å². The van der Waals surface area contributed by atoms with E-state index in [0.29, 0.717) is 26.2 Å². The van der Waals surface area contributed by atoms with E-state index in [9.17, 15) is 19.2 Å². The molecule has 0 N–H and O–H groups in total. The lowest BCUT2D eigenvalue weighted by molar-refractivity contribution is -0.141. The molecule has 0 bridgehead atoms. The summed E-state index contributed by atoms with van der Waals surface area (Å²) in [6.45, 7) is 2.51. The molecule has 0 aliphatic carbocycles. The van der Waals surface area contributed by atoms with E-state index in [1.807, 2.05) is 168 Å². The lowest BCUT2D eigenvalue weighted by atomic mass is 10.2. The number of benzene rings is 4. The third kappa shape index (κ3) is 14.0. The third-order valence-electron chi connectivity index (χ3n) is 11.2. The Morgan fingerprint density at radius 3 is 0.797 bits per heavy atom. The maximum Gasteiger partial charge on any atom is 0.237 e. The Hall–Kier alpha value is -7.02. The minimum atomic E-state index is -0.174. The molecule has 1 aliphatic heterocycles. The molecule has 0 spiro atoms. The van der Waals surface area contributed by atoms with Crippen LogP contribution in [0.15, 0.2) is 170 Å². The van der Waals surface area contributed by atoms with Gasteiger partial charge in [-0.3, -0.25) is 38.9 Å². The predicted octanol–water partition coefficient (Wildman–Crippen LogP) is 5.91. The van der Waals surface area contributed by atoms with Gasteiger partial charge in [-0.25, -0.2) is 0 Å². The number of pyridine rings is 2. The van der Waals surface area contributed by atoms with Crippen molar-refractivity contribution in [3.63, 3.8) is 0 Å². The Morgan fingerprint density at radius 2 is 0.562 bits per heavy atom. The second-order valence-corrected chi connectivity index (χ2v) is 16.1. The zero-order valence-electron chi connectivity index (χ0n) is 36.3. The third-order valence-corrected chi connectivity index (χ3v) is 11.2. The highest BCUT2D eigenvalue weighted by Gasteiger charge is 2.28. The van der Waals surface area contributed by atoms with Gasteiger partial charge in [-0.15, -0.1) is 0 Å². The van der Waals surface area contributed by atoms with Crippen molar-refractivity contribution in [3.05, 3.63) is 204 Å². The van der Waals surface area contributed by atoms with E-state index in [-0.39, 0.29) is 89.1 Å². The molecule has 4 aromatic carbocycles. The number of aromatic nitrogens is 2. The molecular weight excluding hydrogens is 801 g/mol. The Labute approximate surface area is 376 Å². The number of nitrogens with zero attached hydrogens (tertiary/aromatic N) is 8. The second kappa shape index (κ2) is 23.4. The van der Waals surface area contributed by atoms with Gasteiger partial charge in [0, 0.05) is 77.8 Å². The highest BCUT2D eigenvalue weighted by atomic mass is 16.2. The van der Waals surface area contributed by atoms with Crippen LogP contribution >= 0.6 is 0 Å². The molecule has 12 nitrogen and oxygen atoms in total. The van der Waals surface area contributed by atoms with E-state index in [0.717, 1.165) is 33.6 Å². The fourth-order valence-corrected chi connectivity index (χ4v) is 7.81. The van der Waals surface area contributed by atoms with E-state index in [1.165, 1.54) is 0 Å². The average Bonchev–Trinajstić information content (AvgIpc) is 3.32. The topological polar surface area (TPSA) is 114 Å². The van der Waals surface area contributed by atoms with Crippen LogP contribution in [0.4, 0.5) is 0 Å². The van der Waals surface area contributed by atoms with Crippen LogP contribution in [0.2, 0.25) is 0 Å². The molecule has 4 amide bonds. The Morgan fingerprint density at radius 1 is 0.312 bits per heavy atom. The summed E-state index contributed by atoms with van der Waals surface area (Å²) < 4.78 is 0. The van der Waals surface area contributed by atoms with Gasteiger partial charge >= 0.3 is 0 Å². The van der Waals surface area contributed by atoms with Crippen LogP contribution in [-0.2, 0) is 58.4 Å². The molecule has 2 aromatic heterocycles. The summed E-state index contributed by atoms with van der Waals surface area (Å²) in [4.78, 5) is 78.8. The smallest absolute Gasteiger partial charge is 0.237 e. The van der Waals surface area contributed by atoms with Gasteiger partial charge in [0.05, 0.1) is 37.6 Å². The summed E-state index contributed by atoms with van der Waals surface area (Å²) in [6.07, 6.45) is 3.41. The predicted molar refractivity (Wildman–Crippen MR) is 246 cm³/mol. The van der Waals surface area contributed by atoms with Crippen LogP contribution < -0.4 is 0 Å². The molecule has 3 heterocycles. The molecule has 6 aromatic rings. The van der Waals surface area contributed by atoms with E-state index in [1.54, 1.807) is 32.0 Å². The summed E-state index contributed by atoms with van der Waals surface area (Å²) in [5.41, 5.74) is 5.23. The maximum absolute atomic E-state index is 14.7. The van der Waals surface area contributed by atoms with Crippen LogP contribution in [0.3, 0.4) is 0 Å². The summed E-state index contributed by atoms with van der Waals surface area (Å²) in [5, 5.41) is 0. The molecule has 0 radical (unpaired) electrons. The van der Waals surface area contributed by atoms with Crippen molar-refractivity contribution in [2.75, 3.05) is 52.4 Å². The quantitative estimate of drug-likeness (QED) is 0.150. The number of amides is 4. The summed E-state index contributed by atoms with van der Waals surface area (Å²) in [5.74, 6) is -0.697. The standard InChI is InChI=1S/C52H56N8O4/c61-49-39-55(37-47-25-13-15-27-53-47)40-51(63)59(35-45-21-9-3-10-22-45)31-32-60(36-46-23-11-4-12-24-46)52(64)42-56(38-48-26-14-16-28-54-48)41-50(62)58(34-44-19-7-2-8-20-44)30-29-57(49)33-43-17-5-1-6-18-43/h1-28H,29-42H2. The first-order valence-electron chi connectivity index (χ1n) is 21.9. The monoisotopic (exact) mass is 856 g/mol. The normalized spacial score (nSPS) is 15.9. The van der Waals surface area contributed by atoms with Gasteiger partial charge in [-0.1, -0.05) is 133 Å². The Balaban J connectivity index is 1.27. The highest BCUT2D eigenvalue weighted by Crippen LogP contribution is 2.15.